The Morgan fingerprint density at radius 3 is 2.35 bits per heavy atom. The Balaban J connectivity index is 4.53. The molecule has 0 saturated carbocycles. The molecule has 1 atom stereocenters. The molecule has 20 heavy (non-hydrogen) atoms. The lowest BCUT2D eigenvalue weighted by Gasteiger charge is -2.35. The van der Waals surface area contributed by atoms with Crippen LogP contribution in [0.2, 0.25) is 0 Å². The van der Waals surface area contributed by atoms with Crippen LogP contribution in [0.5, 0.6) is 0 Å². The first-order valence-corrected chi connectivity index (χ1v) is 8.04. The highest BCUT2D eigenvalue weighted by atomic mass is 31.2. The van der Waals surface area contributed by atoms with Gasteiger partial charge in [0.25, 0.3) is 8.53 Å². The van der Waals surface area contributed by atoms with Crippen LogP contribution >= 0.6 is 8.53 Å². The Morgan fingerprint density at radius 2 is 1.90 bits per heavy atom. The van der Waals surface area contributed by atoms with E-state index >= 15 is 0 Å². The second-order valence-electron chi connectivity index (χ2n) is 4.77. The van der Waals surface area contributed by atoms with Gasteiger partial charge in [0.05, 0.1) is 19.1 Å². The molecule has 0 aromatic carbocycles. The second kappa shape index (κ2) is 11.0. The number of rotatable bonds is 10. The number of hydrogen-bond donors (Lipinski definition) is 1. The van der Waals surface area contributed by atoms with E-state index in [1.807, 2.05) is 6.07 Å². The molecule has 1 unspecified atom stereocenters. The van der Waals surface area contributed by atoms with Gasteiger partial charge in [0.1, 0.15) is 6.73 Å². The van der Waals surface area contributed by atoms with Gasteiger partial charge in [0, 0.05) is 18.5 Å². The van der Waals surface area contributed by atoms with E-state index in [-0.39, 0.29) is 24.7 Å². The Labute approximate surface area is 123 Å². The summed E-state index contributed by atoms with van der Waals surface area (Å²) in [7, 11) is -1.28. The van der Waals surface area contributed by atoms with Gasteiger partial charge in [-0.1, -0.05) is 6.92 Å². The predicted molar refractivity (Wildman–Crippen MR) is 79.6 cm³/mol. The number of carbonyl (C=O) groups excluding carboxylic acids is 1. The van der Waals surface area contributed by atoms with Gasteiger partial charge in [-0.05, 0) is 27.7 Å². The van der Waals surface area contributed by atoms with E-state index in [0.717, 1.165) is 0 Å². The Morgan fingerprint density at radius 1 is 1.30 bits per heavy atom. The lowest BCUT2D eigenvalue weighted by molar-refractivity contribution is -0.121. The van der Waals surface area contributed by atoms with Crippen molar-refractivity contribution in [2.24, 2.45) is 0 Å². The van der Waals surface area contributed by atoms with Crippen LogP contribution in [0.4, 0.5) is 0 Å². The molecular weight excluding hydrogens is 277 g/mol. The van der Waals surface area contributed by atoms with E-state index in [2.05, 4.69) is 37.7 Å². The molecule has 0 fully saturated rings. The molecule has 0 bridgehead atoms. The van der Waals surface area contributed by atoms with Crippen LogP contribution in [-0.2, 0) is 13.8 Å². The van der Waals surface area contributed by atoms with E-state index in [0.29, 0.717) is 19.4 Å². The fourth-order valence-electron chi connectivity index (χ4n) is 1.61. The maximum Gasteiger partial charge on any atom is 0.261 e. The molecule has 0 aliphatic carbocycles. The van der Waals surface area contributed by atoms with Gasteiger partial charge in [0.2, 0.25) is 5.91 Å². The maximum atomic E-state index is 11.2. The SMILES string of the molecule is CCC(=O)NCOP(OCCC#N)N(C(C)C)C(C)C. The third-order valence-corrected chi connectivity index (χ3v) is 4.48. The molecule has 0 rings (SSSR count). The monoisotopic (exact) mass is 303 g/mol. The first-order valence-electron chi connectivity index (χ1n) is 6.91. The predicted octanol–water partition coefficient (Wildman–Crippen LogP) is 2.76. The third kappa shape index (κ3) is 7.76. The zero-order valence-corrected chi connectivity index (χ0v) is 13.9. The summed E-state index contributed by atoms with van der Waals surface area (Å²) < 4.78 is 13.5. The van der Waals surface area contributed by atoms with Crippen molar-refractivity contribution in [2.45, 2.75) is 59.5 Å². The van der Waals surface area contributed by atoms with Crippen molar-refractivity contribution in [1.82, 2.24) is 9.99 Å². The van der Waals surface area contributed by atoms with Gasteiger partial charge in [0.15, 0.2) is 0 Å². The minimum Gasteiger partial charge on any atom is -0.333 e. The fourth-order valence-corrected chi connectivity index (χ4v) is 3.12. The molecule has 1 N–H and O–H groups in total. The highest BCUT2D eigenvalue weighted by Gasteiger charge is 2.27. The first kappa shape index (κ1) is 19.3. The molecule has 116 valence electrons. The number of hydrogen-bond acceptors (Lipinski definition) is 5. The maximum absolute atomic E-state index is 11.2. The molecule has 0 radical (unpaired) electrons. The lowest BCUT2D eigenvalue weighted by atomic mass is 10.3. The van der Waals surface area contributed by atoms with Gasteiger partial charge in [-0.3, -0.25) is 4.79 Å². The number of amides is 1. The highest BCUT2D eigenvalue weighted by molar-refractivity contribution is 7.44. The summed E-state index contributed by atoms with van der Waals surface area (Å²) in [5.74, 6) is -0.0578. The molecule has 0 aliphatic heterocycles. The van der Waals surface area contributed by atoms with E-state index < -0.39 is 8.53 Å². The van der Waals surface area contributed by atoms with Crippen molar-refractivity contribution in [2.75, 3.05) is 13.3 Å². The molecule has 0 saturated heterocycles. The highest BCUT2D eigenvalue weighted by Crippen LogP contribution is 2.45. The summed E-state index contributed by atoms with van der Waals surface area (Å²) in [6, 6.07) is 2.55. The van der Waals surface area contributed by atoms with Gasteiger partial charge in [-0.2, -0.15) is 5.26 Å². The summed E-state index contributed by atoms with van der Waals surface area (Å²) in [4.78, 5) is 11.2. The van der Waals surface area contributed by atoms with E-state index in [4.69, 9.17) is 14.3 Å². The van der Waals surface area contributed by atoms with Crippen LogP contribution in [0.25, 0.3) is 0 Å². The fraction of sp³-hybridized carbons (Fsp3) is 0.846. The number of nitrogens with zero attached hydrogens (tertiary/aromatic N) is 2. The van der Waals surface area contributed by atoms with Crippen molar-refractivity contribution in [3.63, 3.8) is 0 Å². The van der Waals surface area contributed by atoms with Crippen molar-refractivity contribution < 1.29 is 13.8 Å². The van der Waals surface area contributed by atoms with Gasteiger partial charge >= 0.3 is 0 Å². The zero-order chi connectivity index (χ0) is 15.5. The standard InChI is InChI=1S/C13H26N3O3P/c1-6-13(17)15-10-19-20(18-9-7-8-14)16(11(2)3)12(4)5/h11-12H,6-7,9-10H2,1-5H3,(H,15,17). The first-order chi connectivity index (χ1) is 9.43. The average Bonchev–Trinajstić information content (AvgIpc) is 2.37. The van der Waals surface area contributed by atoms with E-state index in [1.165, 1.54) is 0 Å². The molecular formula is C13H26N3O3P. The Kier molecular flexibility index (Phi) is 10.6. The van der Waals surface area contributed by atoms with Crippen LogP contribution in [0.15, 0.2) is 0 Å². The largest absolute Gasteiger partial charge is 0.333 e. The Hall–Kier alpha value is -0.730. The summed E-state index contributed by atoms with van der Waals surface area (Å²) in [6.07, 6.45) is 0.752. The molecule has 0 aromatic rings. The average molecular weight is 303 g/mol. The molecule has 0 aliphatic rings. The quantitative estimate of drug-likeness (QED) is 0.381. The summed E-state index contributed by atoms with van der Waals surface area (Å²) >= 11 is 0. The van der Waals surface area contributed by atoms with Crippen LogP contribution in [0.3, 0.4) is 0 Å². The van der Waals surface area contributed by atoms with Gasteiger partial charge in [-0.25, -0.2) is 4.67 Å². The second-order valence-corrected chi connectivity index (χ2v) is 6.23. The van der Waals surface area contributed by atoms with Crippen molar-refractivity contribution in [3.05, 3.63) is 0 Å². The van der Waals surface area contributed by atoms with Crippen LogP contribution in [-0.4, -0.2) is 36.0 Å². The van der Waals surface area contributed by atoms with Crippen molar-refractivity contribution in [3.8, 4) is 6.07 Å². The van der Waals surface area contributed by atoms with Crippen molar-refractivity contribution >= 4 is 14.4 Å². The normalized spacial score (nSPS) is 12.8. The summed E-state index contributed by atoms with van der Waals surface area (Å²) in [6.45, 7) is 10.5. The molecule has 7 heteroatoms. The number of nitrogens with one attached hydrogen (secondary N) is 1. The lowest BCUT2D eigenvalue weighted by Crippen LogP contribution is -2.35. The zero-order valence-electron chi connectivity index (χ0n) is 13.0. The molecule has 6 nitrogen and oxygen atoms in total. The molecule has 0 heterocycles. The summed E-state index contributed by atoms with van der Waals surface area (Å²) in [5, 5.41) is 11.3. The number of nitriles is 1. The van der Waals surface area contributed by atoms with E-state index in [1.54, 1.807) is 6.92 Å². The van der Waals surface area contributed by atoms with Crippen LogP contribution < -0.4 is 5.32 Å². The third-order valence-electron chi connectivity index (χ3n) is 2.43. The van der Waals surface area contributed by atoms with Gasteiger partial charge in [-0.15, -0.1) is 0 Å². The molecule has 1 amide bonds. The molecule has 0 aromatic heterocycles. The minimum absolute atomic E-state index is 0.0578. The smallest absolute Gasteiger partial charge is 0.261 e. The minimum atomic E-state index is -1.28. The summed E-state index contributed by atoms with van der Waals surface area (Å²) in [5.41, 5.74) is 0. The topological polar surface area (TPSA) is 74.6 Å². The van der Waals surface area contributed by atoms with Crippen LogP contribution in [0.1, 0.15) is 47.5 Å². The van der Waals surface area contributed by atoms with Crippen molar-refractivity contribution in [1.29, 1.82) is 5.26 Å². The number of carbonyl (C=O) groups is 1. The van der Waals surface area contributed by atoms with E-state index in [9.17, 15) is 4.79 Å². The van der Waals surface area contributed by atoms with Crippen LogP contribution in [0, 0.1) is 11.3 Å². The molecule has 0 spiro atoms. The Bertz CT molecular complexity index is 310. The van der Waals surface area contributed by atoms with Gasteiger partial charge < -0.3 is 14.4 Å².